The molecule has 1 saturated heterocycles. The average Bonchev–Trinajstić information content (AvgIpc) is 2.37. The molecule has 1 fully saturated rings. The summed E-state index contributed by atoms with van der Waals surface area (Å²) in [5.41, 5.74) is 0. The number of anilines is 1. The van der Waals surface area contributed by atoms with Gasteiger partial charge in [0.2, 0.25) is 5.88 Å². The normalized spacial score (nSPS) is 19.6. The highest BCUT2D eigenvalue weighted by Gasteiger charge is 2.13. The van der Waals surface area contributed by atoms with E-state index in [1.165, 1.54) is 12.8 Å². The molecule has 0 bridgehead atoms. The van der Waals surface area contributed by atoms with Crippen LogP contribution in [0.1, 0.15) is 32.0 Å². The molecule has 1 unspecified atom stereocenters. The summed E-state index contributed by atoms with van der Waals surface area (Å²) in [6.45, 7) is 6.09. The Balaban J connectivity index is 1.91. The standard InChI is InChI=1S/C13H21N3O2/c1-3-17-13-8-12(15-10(2)16-13)14-9-11-6-4-5-7-18-11/h8,11H,3-7,9H2,1-2H3,(H,14,15,16). The quantitative estimate of drug-likeness (QED) is 0.869. The zero-order valence-electron chi connectivity index (χ0n) is 11.1. The molecule has 1 aliphatic heterocycles. The van der Waals surface area contributed by atoms with Crippen molar-refractivity contribution < 1.29 is 9.47 Å². The Morgan fingerprint density at radius 2 is 2.33 bits per heavy atom. The lowest BCUT2D eigenvalue weighted by atomic mass is 10.1. The number of aryl methyl sites for hydroxylation is 1. The van der Waals surface area contributed by atoms with Gasteiger partial charge in [-0.1, -0.05) is 0 Å². The van der Waals surface area contributed by atoms with Crippen LogP contribution in [-0.4, -0.2) is 35.8 Å². The summed E-state index contributed by atoms with van der Waals surface area (Å²) < 4.78 is 11.1. The Kier molecular flexibility index (Phi) is 4.75. The first-order valence-electron chi connectivity index (χ1n) is 6.62. The number of hydrogen-bond donors (Lipinski definition) is 1. The van der Waals surface area contributed by atoms with Gasteiger partial charge in [-0.05, 0) is 33.1 Å². The third-order valence-corrected chi connectivity index (χ3v) is 2.89. The minimum Gasteiger partial charge on any atom is -0.478 e. The van der Waals surface area contributed by atoms with Crippen molar-refractivity contribution in [1.29, 1.82) is 0 Å². The molecule has 1 aromatic heterocycles. The molecule has 0 aromatic carbocycles. The van der Waals surface area contributed by atoms with Crippen LogP contribution in [0, 0.1) is 6.92 Å². The first kappa shape index (κ1) is 13.1. The van der Waals surface area contributed by atoms with Gasteiger partial charge in [-0.15, -0.1) is 0 Å². The van der Waals surface area contributed by atoms with Crippen molar-refractivity contribution in [3.05, 3.63) is 11.9 Å². The van der Waals surface area contributed by atoms with Gasteiger partial charge in [0, 0.05) is 19.2 Å². The molecule has 2 rings (SSSR count). The third-order valence-electron chi connectivity index (χ3n) is 2.89. The zero-order valence-corrected chi connectivity index (χ0v) is 11.1. The highest BCUT2D eigenvalue weighted by Crippen LogP contribution is 2.16. The van der Waals surface area contributed by atoms with Gasteiger partial charge in [-0.3, -0.25) is 0 Å². The fraction of sp³-hybridized carbons (Fsp3) is 0.692. The maximum absolute atomic E-state index is 5.67. The van der Waals surface area contributed by atoms with Crippen LogP contribution in [-0.2, 0) is 4.74 Å². The van der Waals surface area contributed by atoms with Gasteiger partial charge in [-0.25, -0.2) is 4.98 Å². The van der Waals surface area contributed by atoms with Crippen LogP contribution in [0.15, 0.2) is 6.07 Å². The summed E-state index contributed by atoms with van der Waals surface area (Å²) in [7, 11) is 0. The molecule has 0 amide bonds. The molecule has 0 radical (unpaired) electrons. The molecule has 18 heavy (non-hydrogen) atoms. The molecule has 0 aliphatic carbocycles. The molecule has 1 atom stereocenters. The monoisotopic (exact) mass is 251 g/mol. The Morgan fingerprint density at radius 1 is 1.44 bits per heavy atom. The molecule has 0 saturated carbocycles. The molecule has 1 aromatic rings. The van der Waals surface area contributed by atoms with E-state index in [4.69, 9.17) is 9.47 Å². The zero-order chi connectivity index (χ0) is 12.8. The van der Waals surface area contributed by atoms with Gasteiger partial charge >= 0.3 is 0 Å². The highest BCUT2D eigenvalue weighted by molar-refractivity contribution is 5.38. The molecule has 1 N–H and O–H groups in total. The molecule has 0 spiro atoms. The van der Waals surface area contributed by atoms with Gasteiger partial charge in [0.25, 0.3) is 0 Å². The Morgan fingerprint density at radius 3 is 3.06 bits per heavy atom. The predicted molar refractivity (Wildman–Crippen MR) is 70.0 cm³/mol. The number of ether oxygens (including phenoxy) is 2. The van der Waals surface area contributed by atoms with Gasteiger partial charge in [0.1, 0.15) is 11.6 Å². The van der Waals surface area contributed by atoms with Crippen molar-refractivity contribution in [2.45, 2.75) is 39.2 Å². The topological polar surface area (TPSA) is 56.3 Å². The van der Waals surface area contributed by atoms with Gasteiger partial charge < -0.3 is 14.8 Å². The minimum absolute atomic E-state index is 0.296. The summed E-state index contributed by atoms with van der Waals surface area (Å²) in [5.74, 6) is 2.14. The maximum atomic E-state index is 5.67. The molecule has 5 heteroatoms. The second-order valence-electron chi connectivity index (χ2n) is 4.44. The number of nitrogens with zero attached hydrogens (tertiary/aromatic N) is 2. The van der Waals surface area contributed by atoms with Crippen molar-refractivity contribution >= 4 is 5.82 Å². The van der Waals surface area contributed by atoms with Crippen LogP contribution in [0.3, 0.4) is 0 Å². The lowest BCUT2D eigenvalue weighted by Gasteiger charge is -2.23. The predicted octanol–water partition coefficient (Wildman–Crippen LogP) is 2.16. The van der Waals surface area contributed by atoms with Gasteiger partial charge in [-0.2, -0.15) is 4.98 Å². The Bertz CT molecular complexity index is 378. The van der Waals surface area contributed by atoms with Crippen LogP contribution in [0.2, 0.25) is 0 Å². The molecule has 2 heterocycles. The molecule has 5 nitrogen and oxygen atoms in total. The number of rotatable bonds is 5. The van der Waals surface area contributed by atoms with Gasteiger partial charge in [0.15, 0.2) is 0 Å². The summed E-state index contributed by atoms with van der Waals surface area (Å²) in [6.07, 6.45) is 3.84. The van der Waals surface area contributed by atoms with Crippen molar-refractivity contribution in [2.24, 2.45) is 0 Å². The van der Waals surface area contributed by atoms with Crippen molar-refractivity contribution in [3.8, 4) is 5.88 Å². The largest absolute Gasteiger partial charge is 0.478 e. The SMILES string of the molecule is CCOc1cc(NCC2CCCCO2)nc(C)n1. The van der Waals surface area contributed by atoms with E-state index in [0.717, 1.165) is 25.4 Å². The van der Waals surface area contributed by atoms with E-state index < -0.39 is 0 Å². The molecular weight excluding hydrogens is 230 g/mol. The van der Waals surface area contributed by atoms with Crippen molar-refractivity contribution in [3.63, 3.8) is 0 Å². The first-order valence-corrected chi connectivity index (χ1v) is 6.62. The van der Waals surface area contributed by atoms with E-state index in [0.29, 0.717) is 24.4 Å². The lowest BCUT2D eigenvalue weighted by molar-refractivity contribution is 0.0247. The summed E-state index contributed by atoms with van der Waals surface area (Å²) >= 11 is 0. The molecular formula is C13H21N3O2. The van der Waals surface area contributed by atoms with E-state index in [1.54, 1.807) is 0 Å². The summed E-state index contributed by atoms with van der Waals surface area (Å²) in [4.78, 5) is 8.56. The maximum Gasteiger partial charge on any atom is 0.218 e. The van der Waals surface area contributed by atoms with Gasteiger partial charge in [0.05, 0.1) is 12.7 Å². The van der Waals surface area contributed by atoms with Crippen LogP contribution in [0.4, 0.5) is 5.82 Å². The van der Waals surface area contributed by atoms with Crippen molar-refractivity contribution in [2.75, 3.05) is 25.1 Å². The Labute approximate surface area is 108 Å². The smallest absolute Gasteiger partial charge is 0.218 e. The third kappa shape index (κ3) is 3.84. The fourth-order valence-corrected chi connectivity index (χ4v) is 2.04. The molecule has 1 aliphatic rings. The van der Waals surface area contributed by atoms with Crippen LogP contribution in [0.25, 0.3) is 0 Å². The van der Waals surface area contributed by atoms with Crippen molar-refractivity contribution in [1.82, 2.24) is 9.97 Å². The number of hydrogen-bond acceptors (Lipinski definition) is 5. The summed E-state index contributed by atoms with van der Waals surface area (Å²) in [5, 5.41) is 3.30. The second-order valence-corrected chi connectivity index (χ2v) is 4.44. The lowest BCUT2D eigenvalue weighted by Crippen LogP contribution is -2.27. The number of nitrogens with one attached hydrogen (secondary N) is 1. The van der Waals surface area contributed by atoms with E-state index in [-0.39, 0.29) is 0 Å². The second kappa shape index (κ2) is 6.54. The van der Waals surface area contributed by atoms with E-state index >= 15 is 0 Å². The average molecular weight is 251 g/mol. The van der Waals surface area contributed by atoms with Crippen LogP contribution >= 0.6 is 0 Å². The van der Waals surface area contributed by atoms with E-state index in [2.05, 4.69) is 15.3 Å². The first-order chi connectivity index (χ1) is 8.78. The van der Waals surface area contributed by atoms with E-state index in [9.17, 15) is 0 Å². The fourth-order valence-electron chi connectivity index (χ4n) is 2.04. The molecule has 100 valence electrons. The minimum atomic E-state index is 0.296. The highest BCUT2D eigenvalue weighted by atomic mass is 16.5. The number of aromatic nitrogens is 2. The van der Waals surface area contributed by atoms with E-state index in [1.807, 2.05) is 19.9 Å². The van der Waals surface area contributed by atoms with Crippen LogP contribution < -0.4 is 10.1 Å². The Hall–Kier alpha value is -1.36. The van der Waals surface area contributed by atoms with Crippen LogP contribution in [0.5, 0.6) is 5.88 Å². The summed E-state index contributed by atoms with van der Waals surface area (Å²) in [6, 6.07) is 1.83.